The molecule has 164 valence electrons. The molecule has 0 heterocycles. The Morgan fingerprint density at radius 2 is 0.964 bits per heavy atom. The summed E-state index contributed by atoms with van der Waals surface area (Å²) in [4.78, 5) is 0. The standard InChI is InChI=1S/C22H46O4S.K/c1-2-3-4-5-6-7-8-9-10-11-13-16-19-22(23)20-17-14-12-15-18-21-27(24,25)26;/h22-23H,2-21H2,1H3,(H,24,25,26);/q;+1/p-1. The number of aliphatic hydroxyl groups excluding tert-OH is 1. The zero-order valence-corrected chi connectivity index (χ0v) is 22.7. The minimum absolute atomic E-state index is 0. The van der Waals surface area contributed by atoms with Crippen LogP contribution in [0.15, 0.2) is 0 Å². The van der Waals surface area contributed by atoms with E-state index in [9.17, 15) is 18.1 Å². The van der Waals surface area contributed by atoms with Crippen molar-refractivity contribution < 1.29 is 69.5 Å². The Bertz CT molecular complexity index is 401. The van der Waals surface area contributed by atoms with Gasteiger partial charge in [0.05, 0.1) is 16.2 Å². The summed E-state index contributed by atoms with van der Waals surface area (Å²) < 4.78 is 31.4. The first kappa shape index (κ1) is 31.7. The minimum Gasteiger partial charge on any atom is -0.748 e. The summed E-state index contributed by atoms with van der Waals surface area (Å²) in [5, 5.41) is 10.00. The topological polar surface area (TPSA) is 77.4 Å². The van der Waals surface area contributed by atoms with Gasteiger partial charge in [-0.25, -0.2) is 8.42 Å². The fraction of sp³-hybridized carbons (Fsp3) is 1.00. The third kappa shape index (κ3) is 27.5. The van der Waals surface area contributed by atoms with Crippen LogP contribution in [0.3, 0.4) is 0 Å². The van der Waals surface area contributed by atoms with Crippen LogP contribution in [0, 0.1) is 0 Å². The van der Waals surface area contributed by atoms with Crippen molar-refractivity contribution in [1.29, 1.82) is 0 Å². The van der Waals surface area contributed by atoms with Crippen LogP contribution in [0.25, 0.3) is 0 Å². The molecule has 0 amide bonds. The van der Waals surface area contributed by atoms with Crippen molar-refractivity contribution in [3.8, 4) is 0 Å². The van der Waals surface area contributed by atoms with Crippen LogP contribution in [0.4, 0.5) is 0 Å². The molecule has 0 bridgehead atoms. The number of rotatable bonds is 21. The van der Waals surface area contributed by atoms with Crippen LogP contribution in [0.2, 0.25) is 0 Å². The van der Waals surface area contributed by atoms with E-state index in [4.69, 9.17) is 0 Å². The molecule has 0 aromatic heterocycles. The first-order chi connectivity index (χ1) is 13.0. The zero-order chi connectivity index (χ0) is 20.2. The molecule has 0 rings (SSSR count). The van der Waals surface area contributed by atoms with E-state index in [0.29, 0.717) is 6.42 Å². The van der Waals surface area contributed by atoms with Crippen molar-refractivity contribution in [2.24, 2.45) is 0 Å². The molecule has 0 spiro atoms. The van der Waals surface area contributed by atoms with E-state index in [1.54, 1.807) is 0 Å². The summed E-state index contributed by atoms with van der Waals surface area (Å²) in [6.45, 7) is 2.26. The van der Waals surface area contributed by atoms with Crippen molar-refractivity contribution in [3.63, 3.8) is 0 Å². The summed E-state index contributed by atoms with van der Waals surface area (Å²) >= 11 is 0. The predicted molar refractivity (Wildman–Crippen MR) is 114 cm³/mol. The minimum atomic E-state index is -4.05. The second-order valence-corrected chi connectivity index (χ2v) is 9.67. The maximum Gasteiger partial charge on any atom is 1.00 e. The Labute approximate surface area is 218 Å². The van der Waals surface area contributed by atoms with Gasteiger partial charge < -0.3 is 9.66 Å². The molecule has 0 aliphatic heterocycles. The van der Waals surface area contributed by atoms with Crippen molar-refractivity contribution >= 4 is 10.1 Å². The summed E-state index contributed by atoms with van der Waals surface area (Å²) in [7, 11) is -4.05. The van der Waals surface area contributed by atoms with Gasteiger partial charge in [0.25, 0.3) is 0 Å². The molecule has 0 radical (unpaired) electrons. The maximum absolute atomic E-state index is 10.5. The first-order valence-electron chi connectivity index (χ1n) is 11.6. The van der Waals surface area contributed by atoms with Crippen LogP contribution >= 0.6 is 0 Å². The Hall–Kier alpha value is 1.51. The van der Waals surface area contributed by atoms with E-state index < -0.39 is 10.1 Å². The van der Waals surface area contributed by atoms with E-state index in [-0.39, 0.29) is 63.2 Å². The van der Waals surface area contributed by atoms with Gasteiger partial charge in [-0.2, -0.15) is 0 Å². The fourth-order valence-electron chi connectivity index (χ4n) is 3.55. The molecule has 1 atom stereocenters. The molecule has 0 saturated heterocycles. The molecular weight excluding hydrogens is 399 g/mol. The largest absolute Gasteiger partial charge is 1.00 e. The van der Waals surface area contributed by atoms with Gasteiger partial charge in [0.1, 0.15) is 0 Å². The molecule has 0 fully saturated rings. The van der Waals surface area contributed by atoms with E-state index in [0.717, 1.165) is 44.9 Å². The third-order valence-electron chi connectivity index (χ3n) is 5.32. The number of unbranched alkanes of at least 4 members (excludes halogenated alkanes) is 15. The Morgan fingerprint density at radius 3 is 1.32 bits per heavy atom. The smallest absolute Gasteiger partial charge is 0.748 e. The monoisotopic (exact) mass is 444 g/mol. The van der Waals surface area contributed by atoms with Gasteiger partial charge in [-0.15, -0.1) is 0 Å². The van der Waals surface area contributed by atoms with Crippen LogP contribution in [-0.4, -0.2) is 29.9 Å². The molecule has 0 saturated carbocycles. The van der Waals surface area contributed by atoms with Gasteiger partial charge in [0.2, 0.25) is 0 Å². The Morgan fingerprint density at radius 1 is 0.643 bits per heavy atom. The van der Waals surface area contributed by atoms with Crippen LogP contribution in [-0.2, 0) is 10.1 Å². The molecule has 28 heavy (non-hydrogen) atoms. The molecule has 0 aromatic rings. The third-order valence-corrected chi connectivity index (χ3v) is 6.11. The summed E-state index contributed by atoms with van der Waals surface area (Å²) in [6, 6.07) is 0. The average Bonchev–Trinajstić information content (AvgIpc) is 2.61. The zero-order valence-electron chi connectivity index (χ0n) is 18.8. The summed E-state index contributed by atoms with van der Waals surface area (Å²) in [5.74, 6) is -0.241. The second-order valence-electron chi connectivity index (χ2n) is 8.15. The van der Waals surface area contributed by atoms with Crippen molar-refractivity contribution in [3.05, 3.63) is 0 Å². The van der Waals surface area contributed by atoms with Crippen LogP contribution < -0.4 is 51.4 Å². The Kier molecular flexibility index (Phi) is 26.2. The predicted octanol–water partition coefficient (Wildman–Crippen LogP) is 3.33. The van der Waals surface area contributed by atoms with E-state index in [1.807, 2.05) is 0 Å². The maximum atomic E-state index is 10.5. The SMILES string of the molecule is CCCCCCCCCCCCCCC(O)CCCCCCCS(=O)(=O)[O-].[K+]. The van der Waals surface area contributed by atoms with Gasteiger partial charge in [0.15, 0.2) is 0 Å². The van der Waals surface area contributed by atoms with E-state index in [1.165, 1.54) is 70.6 Å². The van der Waals surface area contributed by atoms with E-state index in [2.05, 4.69) is 6.92 Å². The molecule has 1 N–H and O–H groups in total. The van der Waals surface area contributed by atoms with Gasteiger partial charge in [-0.3, -0.25) is 0 Å². The second kappa shape index (κ2) is 23.2. The van der Waals surface area contributed by atoms with Crippen molar-refractivity contribution in [1.82, 2.24) is 0 Å². The molecule has 0 aliphatic carbocycles. The van der Waals surface area contributed by atoms with E-state index >= 15 is 0 Å². The normalized spacial score (nSPS) is 12.7. The molecule has 4 nitrogen and oxygen atoms in total. The fourth-order valence-corrected chi connectivity index (χ4v) is 4.11. The molecule has 0 aromatic carbocycles. The Balaban J connectivity index is 0. The molecule has 0 aliphatic rings. The molecule has 1 unspecified atom stereocenters. The van der Waals surface area contributed by atoms with Gasteiger partial charge in [0, 0.05) is 5.75 Å². The average molecular weight is 445 g/mol. The van der Waals surface area contributed by atoms with Crippen LogP contribution in [0.5, 0.6) is 0 Å². The summed E-state index contributed by atoms with van der Waals surface area (Å²) in [5.41, 5.74) is 0. The van der Waals surface area contributed by atoms with Gasteiger partial charge in [-0.1, -0.05) is 110 Å². The molecule has 6 heteroatoms. The van der Waals surface area contributed by atoms with Crippen molar-refractivity contribution in [2.75, 3.05) is 5.75 Å². The first-order valence-corrected chi connectivity index (χ1v) is 13.1. The van der Waals surface area contributed by atoms with Gasteiger partial charge >= 0.3 is 51.4 Å². The van der Waals surface area contributed by atoms with Crippen LogP contribution in [0.1, 0.15) is 129 Å². The van der Waals surface area contributed by atoms with Crippen molar-refractivity contribution in [2.45, 2.75) is 135 Å². The number of hydrogen-bond acceptors (Lipinski definition) is 4. The molecular formula is C22H45KO4S. The number of hydrogen-bond donors (Lipinski definition) is 1. The number of aliphatic hydroxyl groups is 1. The van der Waals surface area contributed by atoms with Gasteiger partial charge in [-0.05, 0) is 19.3 Å². The quantitative estimate of drug-likeness (QED) is 0.167. The summed E-state index contributed by atoms with van der Waals surface area (Å²) in [6.07, 6.45) is 21.8.